The van der Waals surface area contributed by atoms with E-state index in [4.69, 9.17) is 15.2 Å². The Morgan fingerprint density at radius 2 is 1.10 bits per heavy atom. The Labute approximate surface area is 377 Å². The highest BCUT2D eigenvalue weighted by Gasteiger charge is 2.61. The van der Waals surface area contributed by atoms with Crippen molar-refractivity contribution < 1.29 is 14.3 Å². The van der Waals surface area contributed by atoms with Gasteiger partial charge in [0.1, 0.15) is 5.78 Å². The molecule has 0 radical (unpaired) electrons. The second-order valence-corrected chi connectivity index (χ2v) is 26.1. The van der Waals surface area contributed by atoms with Crippen LogP contribution in [-0.4, -0.2) is 60.4 Å². The molecule has 6 saturated carbocycles. The Kier molecular flexibility index (Phi) is 11.1. The quantitative estimate of drug-likeness (QED) is 0.211. The van der Waals surface area contributed by atoms with Gasteiger partial charge >= 0.3 is 0 Å². The van der Waals surface area contributed by atoms with Gasteiger partial charge in [0.2, 0.25) is 0 Å². The third-order valence-electron chi connectivity index (χ3n) is 23.1. The van der Waals surface area contributed by atoms with Crippen molar-refractivity contribution in [3.8, 4) is 0 Å². The summed E-state index contributed by atoms with van der Waals surface area (Å²) in [7, 11) is 0. The third kappa shape index (κ3) is 6.77. The standard InChI is InChI=1S/C28H46N2O.C28H43NO2/c1-16-11-25-26(30-15-16)18(3)28(31-25)10-8-21-22-6-5-19-12-20(29)7-9-27(19,4)24(22)13-23(21)17(2)14-28;1-16-11-25-26(29-15-16)18(3)28(31-25)10-8-21-22-6-5-19-12-20(30)7-9-27(19,4)24(22)13-23(21)17(2)14-28/h16,18-22,24-26,30H,5-15,29H2,1-4H3;16,18-19,21-22,24-26,29H,5-15H2,1-4H3/t16-,18+,19+,20+,21-,22-,24-,25+,26-,27-,28-;16-,18+,19+,21-,22-,24-,25+,26-,27-,28-/m00/s1. The molecular formula is C56H89N3O3. The molecule has 2 spiro atoms. The van der Waals surface area contributed by atoms with Crippen molar-refractivity contribution in [1.29, 1.82) is 0 Å². The highest BCUT2D eigenvalue weighted by Crippen LogP contribution is 2.67. The van der Waals surface area contributed by atoms with Crippen LogP contribution >= 0.6 is 0 Å². The van der Waals surface area contributed by atoms with E-state index in [1.54, 1.807) is 11.1 Å². The molecule has 346 valence electrons. The summed E-state index contributed by atoms with van der Waals surface area (Å²) in [4.78, 5) is 12.2. The molecule has 0 aromatic carbocycles. The van der Waals surface area contributed by atoms with Crippen LogP contribution in [0.2, 0.25) is 0 Å². The van der Waals surface area contributed by atoms with Crippen LogP contribution in [0.4, 0.5) is 0 Å². The van der Waals surface area contributed by atoms with E-state index in [9.17, 15) is 4.79 Å². The monoisotopic (exact) mass is 852 g/mol. The van der Waals surface area contributed by atoms with Gasteiger partial charge in [-0.2, -0.15) is 0 Å². The summed E-state index contributed by atoms with van der Waals surface area (Å²) in [6.45, 7) is 22.2. The largest absolute Gasteiger partial charge is 0.369 e. The van der Waals surface area contributed by atoms with Crippen LogP contribution in [0.5, 0.6) is 0 Å². The molecular weight excluding hydrogens is 763 g/mol. The molecule has 4 aliphatic heterocycles. The molecule has 12 aliphatic rings. The lowest BCUT2D eigenvalue weighted by Crippen LogP contribution is -2.49. The molecule has 0 unspecified atom stereocenters. The summed E-state index contributed by atoms with van der Waals surface area (Å²) < 4.78 is 14.0. The maximum Gasteiger partial charge on any atom is 0.133 e. The minimum Gasteiger partial charge on any atom is -0.369 e. The first-order valence-corrected chi connectivity index (χ1v) is 27.1. The van der Waals surface area contributed by atoms with Crippen molar-refractivity contribution in [3.63, 3.8) is 0 Å². The normalized spacial score (nSPS) is 55.4. The molecule has 21 atom stereocenters. The van der Waals surface area contributed by atoms with Gasteiger partial charge in [0.05, 0.1) is 23.4 Å². The minimum atomic E-state index is 0.0572. The number of hydrogen-bond donors (Lipinski definition) is 3. The number of fused-ring (bicyclic) bond motifs is 12. The van der Waals surface area contributed by atoms with Crippen molar-refractivity contribution in [3.05, 3.63) is 22.3 Å². The van der Waals surface area contributed by atoms with E-state index in [-0.39, 0.29) is 11.2 Å². The molecule has 6 heteroatoms. The number of carbonyl (C=O) groups is 1. The number of nitrogens with two attached hydrogens (primary N) is 1. The highest BCUT2D eigenvalue weighted by molar-refractivity contribution is 5.79. The Morgan fingerprint density at radius 3 is 1.63 bits per heavy atom. The number of nitrogens with one attached hydrogen (secondary N) is 2. The van der Waals surface area contributed by atoms with Crippen molar-refractivity contribution in [2.75, 3.05) is 13.1 Å². The summed E-state index contributed by atoms with van der Waals surface area (Å²) in [6.07, 6.45) is 25.8. The number of rotatable bonds is 0. The number of Topliss-reactive ketones (excluding diaryl/α,β-unsaturated/α-hetero) is 1. The van der Waals surface area contributed by atoms with Gasteiger partial charge in [-0.25, -0.2) is 0 Å². The lowest BCUT2D eigenvalue weighted by Gasteiger charge is -2.54. The molecule has 0 aromatic heterocycles. The Balaban J connectivity index is 0.000000139. The van der Waals surface area contributed by atoms with Crippen LogP contribution in [0.25, 0.3) is 0 Å². The Hall–Kier alpha value is -1.05. The Morgan fingerprint density at radius 1 is 0.597 bits per heavy atom. The Bertz CT molecular complexity index is 1820. The molecule has 62 heavy (non-hydrogen) atoms. The first kappa shape index (κ1) is 43.5. The van der Waals surface area contributed by atoms with Crippen LogP contribution in [0, 0.1) is 81.8 Å². The van der Waals surface area contributed by atoms with Gasteiger partial charge in [0.15, 0.2) is 0 Å². The molecule has 4 heterocycles. The molecule has 12 rings (SSSR count). The summed E-state index contributed by atoms with van der Waals surface area (Å²) in [5, 5.41) is 7.73. The van der Waals surface area contributed by atoms with Gasteiger partial charge in [-0.3, -0.25) is 4.79 Å². The van der Waals surface area contributed by atoms with Gasteiger partial charge in [-0.05, 0) is 213 Å². The van der Waals surface area contributed by atoms with Gasteiger partial charge in [0, 0.05) is 42.8 Å². The second kappa shape index (κ2) is 15.8. The summed E-state index contributed by atoms with van der Waals surface area (Å²) in [5.41, 5.74) is 14.6. The first-order chi connectivity index (χ1) is 29.6. The van der Waals surface area contributed by atoms with Gasteiger partial charge < -0.3 is 25.8 Å². The van der Waals surface area contributed by atoms with Gasteiger partial charge in [-0.1, -0.05) is 63.8 Å². The summed E-state index contributed by atoms with van der Waals surface area (Å²) in [5.74, 6) is 9.89. The van der Waals surface area contributed by atoms with Crippen LogP contribution in [-0.2, 0) is 14.3 Å². The van der Waals surface area contributed by atoms with Gasteiger partial charge in [-0.15, -0.1) is 0 Å². The summed E-state index contributed by atoms with van der Waals surface area (Å²) in [6, 6.07) is 1.58. The van der Waals surface area contributed by atoms with Crippen molar-refractivity contribution in [1.82, 2.24) is 10.6 Å². The number of carbonyl (C=O) groups excluding carboxylic acids is 1. The average molecular weight is 852 g/mol. The van der Waals surface area contributed by atoms with E-state index in [1.165, 1.54) is 109 Å². The molecule has 0 amide bonds. The van der Waals surface area contributed by atoms with Crippen LogP contribution < -0.4 is 16.4 Å². The van der Waals surface area contributed by atoms with Crippen molar-refractivity contribution in [2.45, 2.75) is 225 Å². The smallest absolute Gasteiger partial charge is 0.133 e. The van der Waals surface area contributed by atoms with E-state index in [1.807, 2.05) is 11.1 Å². The number of piperidine rings is 2. The molecule has 6 nitrogen and oxygen atoms in total. The molecule has 4 N–H and O–H groups in total. The van der Waals surface area contributed by atoms with Crippen molar-refractivity contribution in [2.24, 2.45) is 87.6 Å². The molecule has 0 bridgehead atoms. The topological polar surface area (TPSA) is 85.6 Å². The lowest BCUT2D eigenvalue weighted by atomic mass is 9.52. The summed E-state index contributed by atoms with van der Waals surface area (Å²) >= 11 is 0. The number of allylic oxidation sites excluding steroid dienone is 2. The zero-order chi connectivity index (χ0) is 43.1. The highest BCUT2D eigenvalue weighted by atomic mass is 16.5. The fourth-order valence-electron chi connectivity index (χ4n) is 19.5. The van der Waals surface area contributed by atoms with E-state index in [0.717, 1.165) is 85.5 Å². The number of ether oxygens (including phenoxy) is 2. The zero-order valence-electron chi connectivity index (χ0n) is 40.7. The molecule has 10 fully saturated rings. The fourth-order valence-corrected chi connectivity index (χ4v) is 19.5. The predicted molar refractivity (Wildman–Crippen MR) is 250 cm³/mol. The van der Waals surface area contributed by atoms with Gasteiger partial charge in [0.25, 0.3) is 0 Å². The molecule has 8 aliphatic carbocycles. The maximum absolute atomic E-state index is 12.2. The second-order valence-electron chi connectivity index (χ2n) is 26.1. The molecule has 4 saturated heterocycles. The van der Waals surface area contributed by atoms with E-state index in [2.05, 4.69) is 66.0 Å². The van der Waals surface area contributed by atoms with E-state index in [0.29, 0.717) is 64.7 Å². The van der Waals surface area contributed by atoms with Crippen LogP contribution in [0.3, 0.4) is 0 Å². The van der Waals surface area contributed by atoms with Crippen LogP contribution in [0.1, 0.15) is 184 Å². The lowest BCUT2D eigenvalue weighted by molar-refractivity contribution is -0.129. The van der Waals surface area contributed by atoms with Crippen molar-refractivity contribution >= 4 is 5.78 Å². The molecule has 0 aromatic rings. The van der Waals surface area contributed by atoms with E-state index < -0.39 is 0 Å². The minimum absolute atomic E-state index is 0.0572. The maximum atomic E-state index is 12.2. The predicted octanol–water partition coefficient (Wildman–Crippen LogP) is 11.1. The first-order valence-electron chi connectivity index (χ1n) is 27.1. The SMILES string of the molecule is CC1=C2C[C@H]3[C@@H](CC[C@@H]4CC(=O)CC[C@@]43C)[C@@H]2CC[C@@]2(C1)O[C@@H]1C[C@H](C)CN[C@H]1[C@H]2C.CC1=C2C[C@H]3[C@@H](CC[C@@H]4C[C@H](N)CC[C@@]43C)[C@@H]2CC[C@@]2(C1)O[C@@H]1C[C@H](C)CN[C@H]1[C@H]2C. The number of ketones is 1. The third-order valence-corrected chi connectivity index (χ3v) is 23.1. The van der Waals surface area contributed by atoms with E-state index >= 15 is 0 Å². The average Bonchev–Trinajstić information content (AvgIpc) is 3.91. The van der Waals surface area contributed by atoms with Crippen LogP contribution in [0.15, 0.2) is 22.3 Å². The zero-order valence-corrected chi connectivity index (χ0v) is 40.7. The fraction of sp³-hybridized carbons (Fsp3) is 0.911. The number of hydrogen-bond acceptors (Lipinski definition) is 6.